The van der Waals surface area contributed by atoms with Crippen molar-refractivity contribution in [3.63, 3.8) is 0 Å². The first kappa shape index (κ1) is 22.6. The lowest BCUT2D eigenvalue weighted by atomic mass is 9.98. The number of nitrogens with one attached hydrogen (secondary N) is 1. The number of carboxylic acids is 1. The van der Waals surface area contributed by atoms with Crippen LogP contribution < -0.4 is 5.32 Å². The highest BCUT2D eigenvalue weighted by molar-refractivity contribution is 5.95. The Balaban J connectivity index is 1.25. The third kappa shape index (κ3) is 4.37. The highest BCUT2D eigenvalue weighted by atomic mass is 16.5. The minimum Gasteiger partial charge on any atom is -0.481 e. The molecule has 180 valence electrons. The molecule has 3 aromatic rings. The lowest BCUT2D eigenvalue weighted by molar-refractivity contribution is -0.137. The van der Waals surface area contributed by atoms with E-state index in [4.69, 9.17) is 9.84 Å². The van der Waals surface area contributed by atoms with Gasteiger partial charge in [0.1, 0.15) is 12.4 Å². The number of rotatable bonds is 6. The average Bonchev–Trinajstić information content (AvgIpc) is 3.53. The summed E-state index contributed by atoms with van der Waals surface area (Å²) < 4.78 is 6.98. The van der Waals surface area contributed by atoms with Crippen LogP contribution in [0.15, 0.2) is 54.6 Å². The molecule has 0 saturated carbocycles. The maximum Gasteiger partial charge on any atom is 0.412 e. The van der Waals surface area contributed by atoms with E-state index >= 15 is 0 Å². The van der Waals surface area contributed by atoms with Crippen LogP contribution in [0.5, 0.6) is 0 Å². The first-order valence-electron chi connectivity index (χ1n) is 11.6. The summed E-state index contributed by atoms with van der Waals surface area (Å²) in [6.07, 6.45) is 0.666. The molecule has 9 nitrogen and oxygen atoms in total. The molecule has 1 atom stereocenters. The second-order valence-corrected chi connectivity index (χ2v) is 8.88. The number of anilines is 1. The molecule has 0 radical (unpaired) electrons. The molecule has 2 aromatic carbocycles. The van der Waals surface area contributed by atoms with E-state index in [0.717, 1.165) is 28.7 Å². The molecule has 1 saturated heterocycles. The molecule has 2 N–H and O–H groups in total. The molecule has 1 aliphatic carbocycles. The lowest BCUT2D eigenvalue weighted by Crippen LogP contribution is -2.37. The first-order chi connectivity index (χ1) is 16.9. The fraction of sp³-hybridized carbons (Fsp3) is 0.308. The Morgan fingerprint density at radius 3 is 2.40 bits per heavy atom. The van der Waals surface area contributed by atoms with Gasteiger partial charge in [-0.15, -0.1) is 0 Å². The van der Waals surface area contributed by atoms with Crippen LogP contribution in [0.2, 0.25) is 0 Å². The van der Waals surface area contributed by atoms with Gasteiger partial charge in [0.2, 0.25) is 0 Å². The third-order valence-electron chi connectivity index (χ3n) is 6.72. The van der Waals surface area contributed by atoms with Gasteiger partial charge in [0, 0.05) is 31.6 Å². The zero-order chi connectivity index (χ0) is 24.5. The van der Waals surface area contributed by atoms with Crippen LogP contribution in [0.1, 0.15) is 46.8 Å². The largest absolute Gasteiger partial charge is 0.481 e. The summed E-state index contributed by atoms with van der Waals surface area (Å²) >= 11 is 0. The van der Waals surface area contributed by atoms with Crippen LogP contribution >= 0.6 is 0 Å². The van der Waals surface area contributed by atoms with Crippen LogP contribution in [-0.4, -0.2) is 57.0 Å². The third-order valence-corrected chi connectivity index (χ3v) is 6.72. The van der Waals surface area contributed by atoms with E-state index in [9.17, 15) is 14.4 Å². The molecule has 0 unspecified atom stereocenters. The first-order valence-corrected chi connectivity index (χ1v) is 11.6. The zero-order valence-corrected chi connectivity index (χ0v) is 19.3. The number of hydrogen-bond acceptors (Lipinski definition) is 5. The number of nitrogens with zero attached hydrogens (tertiary/aromatic N) is 3. The summed E-state index contributed by atoms with van der Waals surface area (Å²) in [6.45, 7) is 0.663. The molecule has 2 heterocycles. The van der Waals surface area contributed by atoms with Crippen molar-refractivity contribution in [2.24, 2.45) is 7.05 Å². The Hall–Kier alpha value is -4.14. The van der Waals surface area contributed by atoms with Gasteiger partial charge >= 0.3 is 12.1 Å². The lowest BCUT2D eigenvalue weighted by Gasteiger charge is -2.22. The molecule has 5 rings (SSSR count). The molecule has 0 bridgehead atoms. The number of hydrogen-bond donors (Lipinski definition) is 2. The number of ether oxygens (including phenoxy) is 1. The van der Waals surface area contributed by atoms with Gasteiger partial charge in [-0.25, -0.2) is 4.79 Å². The van der Waals surface area contributed by atoms with E-state index in [2.05, 4.69) is 34.7 Å². The monoisotopic (exact) mass is 474 g/mol. The normalized spacial score (nSPS) is 16.6. The van der Waals surface area contributed by atoms with Crippen molar-refractivity contribution in [1.29, 1.82) is 0 Å². The predicted octanol–water partition coefficient (Wildman–Crippen LogP) is 3.86. The van der Waals surface area contributed by atoms with Gasteiger partial charge in [0.15, 0.2) is 5.69 Å². The Bertz CT molecular complexity index is 1250. The van der Waals surface area contributed by atoms with Gasteiger partial charge in [0.25, 0.3) is 5.91 Å². The summed E-state index contributed by atoms with van der Waals surface area (Å²) in [5, 5.41) is 16.0. The van der Waals surface area contributed by atoms with Crippen LogP contribution in [0.3, 0.4) is 0 Å². The van der Waals surface area contributed by atoms with Crippen molar-refractivity contribution in [3.8, 4) is 11.1 Å². The molecule has 2 aliphatic rings. The number of carboxylic acid groups (broad SMARTS) is 1. The predicted molar refractivity (Wildman–Crippen MR) is 128 cm³/mol. The highest BCUT2D eigenvalue weighted by Crippen LogP contribution is 2.44. The Kier molecular flexibility index (Phi) is 5.98. The maximum absolute atomic E-state index is 12.9. The van der Waals surface area contributed by atoms with E-state index in [1.807, 2.05) is 24.3 Å². The van der Waals surface area contributed by atoms with E-state index in [0.29, 0.717) is 18.8 Å². The Morgan fingerprint density at radius 1 is 1.09 bits per heavy atom. The summed E-state index contributed by atoms with van der Waals surface area (Å²) in [7, 11) is 1.62. The van der Waals surface area contributed by atoms with E-state index in [1.165, 1.54) is 10.7 Å². The fourth-order valence-corrected chi connectivity index (χ4v) is 5.09. The second kappa shape index (κ2) is 9.25. The van der Waals surface area contributed by atoms with Crippen molar-refractivity contribution in [2.45, 2.75) is 31.2 Å². The molecule has 1 fully saturated rings. The maximum atomic E-state index is 12.9. The molecular weight excluding hydrogens is 448 g/mol. The number of benzene rings is 2. The van der Waals surface area contributed by atoms with Crippen LogP contribution in [-0.2, 0) is 16.6 Å². The number of carbonyl (C=O) groups is 3. The Labute approximate surface area is 202 Å². The molecule has 35 heavy (non-hydrogen) atoms. The van der Waals surface area contributed by atoms with Gasteiger partial charge in [-0.05, 0) is 35.1 Å². The molecule has 1 aliphatic heterocycles. The average molecular weight is 475 g/mol. The van der Waals surface area contributed by atoms with Crippen LogP contribution in [0.4, 0.5) is 10.6 Å². The van der Waals surface area contributed by atoms with E-state index in [-0.39, 0.29) is 36.6 Å². The topological polar surface area (TPSA) is 114 Å². The zero-order valence-electron chi connectivity index (χ0n) is 19.3. The summed E-state index contributed by atoms with van der Waals surface area (Å²) in [6, 6.07) is 17.3. The molecule has 2 amide bonds. The fourth-order valence-electron chi connectivity index (χ4n) is 5.09. The molecule has 9 heteroatoms. The molecular formula is C26H26N4O5. The number of fused-ring (bicyclic) bond motifs is 3. The van der Waals surface area contributed by atoms with Crippen LogP contribution in [0.25, 0.3) is 11.1 Å². The van der Waals surface area contributed by atoms with Gasteiger partial charge < -0.3 is 14.7 Å². The number of aryl methyl sites for hydroxylation is 1. The second-order valence-electron chi connectivity index (χ2n) is 8.88. The smallest absolute Gasteiger partial charge is 0.412 e. The number of carbonyl (C=O) groups excluding carboxylic acids is 2. The minimum absolute atomic E-state index is 0.0573. The van der Waals surface area contributed by atoms with Crippen molar-refractivity contribution < 1.29 is 24.2 Å². The Morgan fingerprint density at radius 2 is 1.74 bits per heavy atom. The van der Waals surface area contributed by atoms with Crippen molar-refractivity contribution in [2.75, 3.05) is 18.5 Å². The number of amides is 2. The minimum atomic E-state index is -0.937. The SMILES string of the molecule is Cn1nc(C(=O)N2CCC[C@@H]2CC(=O)O)cc1NC(=O)OCC1c2ccccc2-c2ccccc21. The number of aromatic nitrogens is 2. The van der Waals surface area contributed by atoms with Crippen molar-refractivity contribution >= 4 is 23.8 Å². The molecule has 0 spiro atoms. The molecule has 1 aromatic heterocycles. The summed E-state index contributed by atoms with van der Waals surface area (Å²) in [5.74, 6) is -1.02. The van der Waals surface area contributed by atoms with Crippen molar-refractivity contribution in [1.82, 2.24) is 14.7 Å². The summed E-state index contributed by atoms with van der Waals surface area (Å²) in [4.78, 5) is 38.2. The van der Waals surface area contributed by atoms with E-state index in [1.54, 1.807) is 11.9 Å². The van der Waals surface area contributed by atoms with Gasteiger partial charge in [-0.3, -0.25) is 19.6 Å². The van der Waals surface area contributed by atoms with Gasteiger partial charge in [-0.1, -0.05) is 48.5 Å². The highest BCUT2D eigenvalue weighted by Gasteiger charge is 2.33. The standard InChI is InChI=1S/C26H26N4O5/c1-29-23(14-22(28-29)25(33)30-12-6-7-16(30)13-24(31)32)27-26(34)35-15-21-19-10-4-2-8-17(19)18-9-3-5-11-20(18)21/h2-5,8-11,14,16,21H,6-7,12-13,15H2,1H3,(H,27,34)(H,31,32)/t16-/m1/s1. The van der Waals surface area contributed by atoms with Gasteiger partial charge in [-0.2, -0.15) is 5.10 Å². The van der Waals surface area contributed by atoms with Crippen molar-refractivity contribution in [3.05, 3.63) is 71.4 Å². The number of likely N-dealkylation sites (tertiary alicyclic amines) is 1. The number of aliphatic carboxylic acids is 1. The summed E-state index contributed by atoms with van der Waals surface area (Å²) in [5.41, 5.74) is 4.69. The quantitative estimate of drug-likeness (QED) is 0.561. The van der Waals surface area contributed by atoms with E-state index < -0.39 is 12.1 Å². The van der Waals surface area contributed by atoms with Crippen LogP contribution in [0, 0.1) is 0 Å². The van der Waals surface area contributed by atoms with Gasteiger partial charge in [0.05, 0.1) is 6.42 Å².